The fourth-order valence-corrected chi connectivity index (χ4v) is 1.66. The Labute approximate surface area is 108 Å². The molecule has 2 rings (SSSR count). The average molecular weight is 347 g/mol. The monoisotopic (exact) mass is 345 g/mol. The largest absolute Gasteiger partial charge is 0.322 e. The molecule has 0 bridgehead atoms. The Morgan fingerprint density at radius 2 is 1.75 bits per heavy atom. The van der Waals surface area contributed by atoms with Crippen LogP contribution in [-0.2, 0) is 0 Å². The summed E-state index contributed by atoms with van der Waals surface area (Å²) < 4.78 is 14.9. The Bertz CT molecular complexity index is 502. The van der Waals surface area contributed by atoms with Crippen molar-refractivity contribution in [2.75, 3.05) is 5.32 Å². The topological polar surface area (TPSA) is 37.8 Å². The molecule has 0 saturated carbocycles. The first-order valence-corrected chi connectivity index (χ1v) is 5.93. The van der Waals surface area contributed by atoms with Crippen molar-refractivity contribution in [3.63, 3.8) is 0 Å². The van der Waals surface area contributed by atoms with E-state index in [0.717, 1.165) is 8.95 Å². The van der Waals surface area contributed by atoms with E-state index in [-0.39, 0.29) is 5.82 Å². The summed E-state index contributed by atoms with van der Waals surface area (Å²) in [5.41, 5.74) is 0.330. The minimum atomic E-state index is -0.352. The molecule has 1 aromatic heterocycles. The molecule has 0 amide bonds. The Morgan fingerprint density at radius 3 is 2.44 bits per heavy atom. The van der Waals surface area contributed by atoms with E-state index in [1.165, 1.54) is 6.07 Å². The molecular weight excluding hydrogens is 341 g/mol. The average Bonchev–Trinajstić information content (AvgIpc) is 2.27. The quantitative estimate of drug-likeness (QED) is 0.896. The molecule has 6 heteroatoms. The SMILES string of the molecule is Fc1ccc(Br)cc1Nc1ncc(Br)cn1. The first-order valence-electron chi connectivity index (χ1n) is 4.35. The number of hydrogen-bond acceptors (Lipinski definition) is 3. The minimum Gasteiger partial charge on any atom is -0.322 e. The number of rotatable bonds is 2. The Hall–Kier alpha value is -1.01. The first-order chi connectivity index (χ1) is 7.65. The second kappa shape index (κ2) is 4.88. The van der Waals surface area contributed by atoms with E-state index < -0.39 is 0 Å². The van der Waals surface area contributed by atoms with Gasteiger partial charge in [0.25, 0.3) is 0 Å². The smallest absolute Gasteiger partial charge is 0.227 e. The number of halogens is 3. The summed E-state index contributed by atoms with van der Waals surface area (Å²) in [6.45, 7) is 0. The van der Waals surface area contributed by atoms with Crippen molar-refractivity contribution in [3.8, 4) is 0 Å². The van der Waals surface area contributed by atoms with Crippen molar-refractivity contribution in [3.05, 3.63) is 45.4 Å². The molecule has 0 atom stereocenters. The van der Waals surface area contributed by atoms with E-state index >= 15 is 0 Å². The van der Waals surface area contributed by atoms with Gasteiger partial charge in [-0.15, -0.1) is 0 Å². The summed E-state index contributed by atoms with van der Waals surface area (Å²) in [4.78, 5) is 7.99. The highest BCUT2D eigenvalue weighted by molar-refractivity contribution is 9.10. The highest BCUT2D eigenvalue weighted by Crippen LogP contribution is 2.22. The highest BCUT2D eigenvalue weighted by atomic mass is 79.9. The van der Waals surface area contributed by atoms with E-state index in [1.54, 1.807) is 24.5 Å². The summed E-state index contributed by atoms with van der Waals surface area (Å²) in [5, 5.41) is 2.79. The number of nitrogens with one attached hydrogen (secondary N) is 1. The van der Waals surface area contributed by atoms with Gasteiger partial charge in [-0.3, -0.25) is 0 Å². The van der Waals surface area contributed by atoms with Gasteiger partial charge in [0, 0.05) is 16.9 Å². The molecule has 0 radical (unpaired) electrons. The third kappa shape index (κ3) is 2.76. The zero-order valence-electron chi connectivity index (χ0n) is 7.92. The third-order valence-electron chi connectivity index (χ3n) is 1.80. The molecule has 0 spiro atoms. The van der Waals surface area contributed by atoms with Gasteiger partial charge < -0.3 is 5.32 Å². The number of anilines is 2. The number of benzene rings is 1. The zero-order chi connectivity index (χ0) is 11.5. The molecule has 0 unspecified atom stereocenters. The van der Waals surface area contributed by atoms with Crippen LogP contribution in [-0.4, -0.2) is 9.97 Å². The van der Waals surface area contributed by atoms with Crippen LogP contribution < -0.4 is 5.32 Å². The number of aromatic nitrogens is 2. The lowest BCUT2D eigenvalue weighted by molar-refractivity contribution is 0.631. The van der Waals surface area contributed by atoms with Gasteiger partial charge in [0.15, 0.2) is 0 Å². The zero-order valence-corrected chi connectivity index (χ0v) is 11.1. The van der Waals surface area contributed by atoms with Crippen molar-refractivity contribution in [1.82, 2.24) is 9.97 Å². The fraction of sp³-hybridized carbons (Fsp3) is 0. The van der Waals surface area contributed by atoms with Gasteiger partial charge in [0.2, 0.25) is 5.95 Å². The van der Waals surface area contributed by atoms with Crippen molar-refractivity contribution in [1.29, 1.82) is 0 Å². The van der Waals surface area contributed by atoms with E-state index in [4.69, 9.17) is 0 Å². The van der Waals surface area contributed by atoms with Gasteiger partial charge in [-0.2, -0.15) is 0 Å². The molecule has 1 N–H and O–H groups in total. The molecule has 16 heavy (non-hydrogen) atoms. The highest BCUT2D eigenvalue weighted by Gasteiger charge is 2.04. The van der Waals surface area contributed by atoms with Gasteiger partial charge in [-0.05, 0) is 34.1 Å². The van der Waals surface area contributed by atoms with Gasteiger partial charge in [0.05, 0.1) is 10.2 Å². The lowest BCUT2D eigenvalue weighted by Gasteiger charge is -2.05. The molecule has 0 aliphatic carbocycles. The van der Waals surface area contributed by atoms with Gasteiger partial charge in [-0.1, -0.05) is 15.9 Å². The van der Waals surface area contributed by atoms with Crippen LogP contribution in [0.3, 0.4) is 0 Å². The van der Waals surface area contributed by atoms with E-state index in [2.05, 4.69) is 47.1 Å². The van der Waals surface area contributed by atoms with E-state index in [0.29, 0.717) is 11.6 Å². The first kappa shape index (κ1) is 11.5. The maximum Gasteiger partial charge on any atom is 0.227 e. The van der Waals surface area contributed by atoms with Crippen molar-refractivity contribution in [2.45, 2.75) is 0 Å². The Balaban J connectivity index is 2.26. The second-order valence-corrected chi connectivity index (χ2v) is 4.81. The van der Waals surface area contributed by atoms with Gasteiger partial charge >= 0.3 is 0 Å². The molecule has 0 aliphatic rings. The maximum absolute atomic E-state index is 13.4. The van der Waals surface area contributed by atoms with Crippen molar-refractivity contribution >= 4 is 43.5 Å². The molecule has 1 heterocycles. The summed E-state index contributed by atoms with van der Waals surface area (Å²) in [5.74, 6) is -0.00470. The van der Waals surface area contributed by atoms with Crippen LogP contribution in [0.1, 0.15) is 0 Å². The van der Waals surface area contributed by atoms with E-state index in [1.807, 2.05) is 0 Å². The molecule has 3 nitrogen and oxygen atoms in total. The van der Waals surface area contributed by atoms with Gasteiger partial charge in [0.1, 0.15) is 5.82 Å². The van der Waals surface area contributed by atoms with Crippen LogP contribution >= 0.6 is 31.9 Å². The second-order valence-electron chi connectivity index (χ2n) is 2.97. The van der Waals surface area contributed by atoms with Crippen LogP contribution in [0, 0.1) is 5.82 Å². The van der Waals surface area contributed by atoms with E-state index in [9.17, 15) is 4.39 Å². The standard InChI is InChI=1S/C10H6Br2FN3/c11-6-1-2-8(13)9(3-6)16-10-14-4-7(12)5-15-10/h1-5H,(H,14,15,16). The minimum absolute atomic E-state index is 0.330. The molecule has 0 fully saturated rings. The third-order valence-corrected chi connectivity index (χ3v) is 2.70. The van der Waals surface area contributed by atoms with Crippen LogP contribution in [0.4, 0.5) is 16.0 Å². The van der Waals surface area contributed by atoms with Gasteiger partial charge in [-0.25, -0.2) is 14.4 Å². The normalized spacial score (nSPS) is 10.2. The summed E-state index contributed by atoms with van der Waals surface area (Å²) in [7, 11) is 0. The molecule has 0 aliphatic heterocycles. The molecular formula is C10H6Br2FN3. The maximum atomic E-state index is 13.4. The predicted octanol–water partition coefficient (Wildman–Crippen LogP) is 3.88. The Morgan fingerprint density at radius 1 is 1.06 bits per heavy atom. The van der Waals surface area contributed by atoms with Crippen LogP contribution in [0.2, 0.25) is 0 Å². The number of nitrogens with zero attached hydrogens (tertiary/aromatic N) is 2. The van der Waals surface area contributed by atoms with Crippen LogP contribution in [0.15, 0.2) is 39.5 Å². The Kier molecular flexibility index (Phi) is 3.50. The summed E-state index contributed by atoms with van der Waals surface area (Å²) in [6, 6.07) is 4.62. The molecule has 82 valence electrons. The predicted molar refractivity (Wildman–Crippen MR) is 67.1 cm³/mol. The summed E-state index contributed by atoms with van der Waals surface area (Å²) in [6.07, 6.45) is 3.18. The molecule has 1 aromatic carbocycles. The van der Waals surface area contributed by atoms with Crippen LogP contribution in [0.5, 0.6) is 0 Å². The molecule has 2 aromatic rings. The van der Waals surface area contributed by atoms with Crippen molar-refractivity contribution < 1.29 is 4.39 Å². The molecule has 0 saturated heterocycles. The van der Waals surface area contributed by atoms with Crippen molar-refractivity contribution in [2.24, 2.45) is 0 Å². The lowest BCUT2D eigenvalue weighted by Crippen LogP contribution is -1.98. The summed E-state index contributed by atoms with van der Waals surface area (Å²) >= 11 is 6.49. The fourth-order valence-electron chi connectivity index (χ4n) is 1.09. The number of hydrogen-bond donors (Lipinski definition) is 1. The van der Waals surface area contributed by atoms with Crippen LogP contribution in [0.25, 0.3) is 0 Å². The lowest BCUT2D eigenvalue weighted by atomic mass is 10.3.